The highest BCUT2D eigenvalue weighted by atomic mass is 16.5. The molecular formula is C32H41N2O2+. The molecule has 0 spiro atoms. The summed E-state index contributed by atoms with van der Waals surface area (Å²) < 4.78 is 6.75. The Kier molecular flexibility index (Phi) is 7.71. The van der Waals surface area contributed by atoms with E-state index in [4.69, 9.17) is 4.74 Å². The molecule has 0 amide bonds. The number of carbonyl (C=O) groups is 1. The van der Waals surface area contributed by atoms with Gasteiger partial charge in [-0.25, -0.2) is 0 Å². The molecular weight excluding hydrogens is 444 g/mol. The molecule has 2 aromatic carbocycles. The van der Waals surface area contributed by atoms with Crippen LogP contribution in [0.2, 0.25) is 0 Å². The van der Waals surface area contributed by atoms with Gasteiger partial charge in [-0.1, -0.05) is 88.1 Å². The third-order valence-electron chi connectivity index (χ3n) is 9.07. The van der Waals surface area contributed by atoms with Gasteiger partial charge in [0.2, 0.25) is 0 Å². The normalized spacial score (nSPS) is 24.8. The molecule has 4 atom stereocenters. The largest absolute Gasteiger partial charge is 0.450 e. The molecule has 2 heterocycles. The predicted octanol–water partition coefficient (Wildman–Crippen LogP) is 6.11. The first-order valence-corrected chi connectivity index (χ1v) is 14.1. The van der Waals surface area contributed by atoms with Crippen molar-refractivity contribution in [2.75, 3.05) is 6.54 Å². The lowest BCUT2D eigenvalue weighted by molar-refractivity contribution is -0.714. The Hall–Kier alpha value is -2.72. The van der Waals surface area contributed by atoms with E-state index in [1.165, 1.54) is 19.3 Å². The third kappa shape index (κ3) is 4.80. The van der Waals surface area contributed by atoms with Crippen LogP contribution in [0.5, 0.6) is 0 Å². The summed E-state index contributed by atoms with van der Waals surface area (Å²) in [6.45, 7) is 5.72. The fourth-order valence-electron chi connectivity index (χ4n) is 6.93. The number of ether oxygens (including phenoxy) is 1. The molecule has 2 aliphatic rings. The molecule has 190 valence electrons. The van der Waals surface area contributed by atoms with Crippen LogP contribution in [-0.4, -0.2) is 23.5 Å². The van der Waals surface area contributed by atoms with Crippen molar-refractivity contribution in [3.63, 3.8) is 0 Å². The average molecular weight is 486 g/mol. The van der Waals surface area contributed by atoms with Crippen LogP contribution in [0, 0.1) is 11.8 Å². The maximum atomic E-state index is 14.3. The van der Waals surface area contributed by atoms with Gasteiger partial charge in [-0.3, -0.25) is 9.78 Å². The summed E-state index contributed by atoms with van der Waals surface area (Å²) >= 11 is 0. The van der Waals surface area contributed by atoms with E-state index >= 15 is 0 Å². The molecule has 3 aromatic rings. The first kappa shape index (κ1) is 25.0. The Bertz CT molecular complexity index is 1150. The topological polar surface area (TPSA) is 55.8 Å². The number of carbonyl (C=O) groups excluding carboxylic acids is 1. The standard InChI is InChI=1S/C32H40N2O2/c1-3-23-21-29(34-22-24(23)4-2)30(27-17-20-33-28-16-10-9-15-26(27)28)36-31(35)32(18-11-6-12-19-32)25-13-7-5-8-14-25/h5,7-10,13-17,20,23-24,29-30,34H,3-4,6,11-12,18-19,21-22H2,1-2H3/p+1/t23-,24-,29+,30-/m0/s1. The van der Waals surface area contributed by atoms with Crippen LogP contribution in [0.3, 0.4) is 0 Å². The van der Waals surface area contributed by atoms with Gasteiger partial charge in [0.25, 0.3) is 0 Å². The van der Waals surface area contributed by atoms with E-state index in [9.17, 15) is 4.79 Å². The highest BCUT2D eigenvalue weighted by molar-refractivity contribution is 5.85. The third-order valence-corrected chi connectivity index (χ3v) is 9.07. The number of fused-ring (bicyclic) bond motifs is 1. The second-order valence-corrected chi connectivity index (χ2v) is 11.0. The summed E-state index contributed by atoms with van der Waals surface area (Å²) in [5, 5.41) is 3.55. The molecule has 1 saturated carbocycles. The molecule has 0 radical (unpaired) electrons. The number of esters is 1. The first-order valence-electron chi connectivity index (χ1n) is 14.1. The number of nitrogens with zero attached hydrogens (tertiary/aromatic N) is 1. The van der Waals surface area contributed by atoms with E-state index in [0.717, 1.165) is 66.6 Å². The maximum absolute atomic E-state index is 14.3. The van der Waals surface area contributed by atoms with Crippen LogP contribution in [0.4, 0.5) is 0 Å². The van der Waals surface area contributed by atoms with Crippen LogP contribution in [0.25, 0.3) is 10.9 Å². The summed E-state index contributed by atoms with van der Waals surface area (Å²) in [6, 6.07) is 20.9. The number of nitrogens with two attached hydrogens (primary N) is 1. The number of hydrogen-bond donors (Lipinski definition) is 1. The molecule has 1 aromatic heterocycles. The fourth-order valence-corrected chi connectivity index (χ4v) is 6.93. The molecule has 2 fully saturated rings. The Labute approximate surface area is 215 Å². The van der Waals surface area contributed by atoms with Gasteiger partial charge in [-0.2, -0.15) is 0 Å². The quantitative estimate of drug-likeness (QED) is 0.411. The number of piperidine rings is 1. The van der Waals surface area contributed by atoms with Gasteiger partial charge in [0.15, 0.2) is 6.10 Å². The van der Waals surface area contributed by atoms with Gasteiger partial charge < -0.3 is 10.1 Å². The van der Waals surface area contributed by atoms with Crippen molar-refractivity contribution in [2.24, 2.45) is 11.8 Å². The van der Waals surface area contributed by atoms with Crippen molar-refractivity contribution in [3.8, 4) is 0 Å². The zero-order valence-electron chi connectivity index (χ0n) is 21.9. The number of hydrogen-bond acceptors (Lipinski definition) is 3. The molecule has 5 rings (SSSR count). The average Bonchev–Trinajstić information content (AvgIpc) is 2.96. The Morgan fingerprint density at radius 1 is 0.972 bits per heavy atom. The van der Waals surface area contributed by atoms with Crippen molar-refractivity contribution in [1.29, 1.82) is 0 Å². The van der Waals surface area contributed by atoms with Crippen LogP contribution in [-0.2, 0) is 14.9 Å². The van der Waals surface area contributed by atoms with E-state index in [1.54, 1.807) is 0 Å². The monoisotopic (exact) mass is 485 g/mol. The highest BCUT2D eigenvalue weighted by Crippen LogP contribution is 2.43. The smallest absolute Gasteiger partial charge is 0.317 e. The number of aromatic nitrogens is 1. The van der Waals surface area contributed by atoms with Crippen molar-refractivity contribution >= 4 is 16.9 Å². The molecule has 1 aliphatic heterocycles. The Balaban J connectivity index is 1.54. The summed E-state index contributed by atoms with van der Waals surface area (Å²) in [7, 11) is 0. The minimum Gasteiger partial charge on any atom is -0.450 e. The molecule has 36 heavy (non-hydrogen) atoms. The summed E-state index contributed by atoms with van der Waals surface area (Å²) in [6.07, 6.45) is 10.1. The number of pyridine rings is 1. The number of para-hydroxylation sites is 1. The van der Waals surface area contributed by atoms with Crippen molar-refractivity contribution in [3.05, 3.63) is 78.0 Å². The fraction of sp³-hybridized carbons (Fsp3) is 0.500. The number of rotatable bonds is 7. The molecule has 1 aliphatic carbocycles. The highest BCUT2D eigenvalue weighted by Gasteiger charge is 2.46. The second-order valence-electron chi connectivity index (χ2n) is 11.0. The molecule has 1 saturated heterocycles. The zero-order valence-corrected chi connectivity index (χ0v) is 21.9. The van der Waals surface area contributed by atoms with Crippen LogP contribution in [0.1, 0.15) is 82.4 Å². The maximum Gasteiger partial charge on any atom is 0.317 e. The summed E-state index contributed by atoms with van der Waals surface area (Å²) in [5.74, 6) is 1.35. The van der Waals surface area contributed by atoms with Crippen LogP contribution in [0.15, 0.2) is 66.9 Å². The van der Waals surface area contributed by atoms with Crippen molar-refractivity contribution in [1.82, 2.24) is 4.98 Å². The van der Waals surface area contributed by atoms with Crippen LogP contribution >= 0.6 is 0 Å². The summed E-state index contributed by atoms with van der Waals surface area (Å²) in [5.41, 5.74) is 2.61. The predicted molar refractivity (Wildman–Crippen MR) is 145 cm³/mol. The van der Waals surface area contributed by atoms with E-state index in [1.807, 2.05) is 18.3 Å². The molecule has 2 N–H and O–H groups in total. The minimum atomic E-state index is -0.550. The van der Waals surface area contributed by atoms with Crippen molar-refractivity contribution in [2.45, 2.75) is 82.8 Å². The van der Waals surface area contributed by atoms with Gasteiger partial charge in [0.05, 0.1) is 17.5 Å². The number of quaternary nitrogens is 1. The Morgan fingerprint density at radius 3 is 2.44 bits per heavy atom. The SMILES string of the molecule is CC[C@H]1C[NH2+][C@@H]([C@@H](OC(=O)C2(c3ccccc3)CCCCC2)c2ccnc3ccccc23)C[C@@H]1CC. The minimum absolute atomic E-state index is 0.0432. The molecule has 4 heteroatoms. The van der Waals surface area contributed by atoms with E-state index in [0.29, 0.717) is 5.92 Å². The lowest BCUT2D eigenvalue weighted by atomic mass is 9.69. The first-order chi connectivity index (χ1) is 17.7. The summed E-state index contributed by atoms with van der Waals surface area (Å²) in [4.78, 5) is 18.9. The van der Waals surface area contributed by atoms with Gasteiger partial charge in [-0.05, 0) is 42.9 Å². The zero-order chi connectivity index (χ0) is 25.0. The van der Waals surface area contributed by atoms with E-state index < -0.39 is 5.41 Å². The van der Waals surface area contributed by atoms with Crippen molar-refractivity contribution < 1.29 is 14.8 Å². The van der Waals surface area contributed by atoms with E-state index in [-0.39, 0.29) is 18.1 Å². The van der Waals surface area contributed by atoms with Gasteiger partial charge in [0.1, 0.15) is 6.04 Å². The number of benzene rings is 2. The van der Waals surface area contributed by atoms with Gasteiger partial charge >= 0.3 is 5.97 Å². The van der Waals surface area contributed by atoms with E-state index in [2.05, 4.69) is 72.7 Å². The Morgan fingerprint density at radius 2 is 1.69 bits per heavy atom. The van der Waals surface area contributed by atoms with Crippen LogP contribution < -0.4 is 5.32 Å². The van der Waals surface area contributed by atoms with Gasteiger partial charge in [0, 0.05) is 29.5 Å². The lowest BCUT2D eigenvalue weighted by Crippen LogP contribution is -2.94. The molecule has 0 unspecified atom stereocenters. The van der Waals surface area contributed by atoms with Gasteiger partial charge in [-0.15, -0.1) is 0 Å². The molecule has 4 nitrogen and oxygen atoms in total. The second kappa shape index (κ2) is 11.1. The molecule has 0 bridgehead atoms. The lowest BCUT2D eigenvalue weighted by Gasteiger charge is -2.40.